The molecule has 4 nitrogen and oxygen atoms in total. The number of likely N-dealkylation sites (tertiary alicyclic amines) is 1. The minimum absolute atomic E-state index is 0.00384. The first kappa shape index (κ1) is 19.5. The van der Waals surface area contributed by atoms with Crippen LogP contribution in [0.2, 0.25) is 0 Å². The molecule has 0 radical (unpaired) electrons. The molecule has 0 spiro atoms. The molecule has 28 heavy (non-hydrogen) atoms. The van der Waals surface area contributed by atoms with Crippen LogP contribution in [0, 0.1) is 11.8 Å². The summed E-state index contributed by atoms with van der Waals surface area (Å²) < 4.78 is 8.10. The van der Waals surface area contributed by atoms with E-state index < -0.39 is 0 Å². The van der Waals surface area contributed by atoms with Crippen LogP contribution in [0.15, 0.2) is 24.4 Å². The summed E-state index contributed by atoms with van der Waals surface area (Å²) in [6, 6.07) is 7.82. The number of rotatable bonds is 5. The topological polar surface area (TPSA) is 34.5 Å². The van der Waals surface area contributed by atoms with Gasteiger partial charge in [0.05, 0.1) is 12.5 Å². The number of ether oxygens (including phenoxy) is 1. The van der Waals surface area contributed by atoms with E-state index >= 15 is 0 Å². The zero-order valence-electron chi connectivity index (χ0n) is 17.9. The summed E-state index contributed by atoms with van der Waals surface area (Å²) in [5.74, 6) is 0.874. The van der Waals surface area contributed by atoms with Crippen molar-refractivity contribution >= 4 is 16.9 Å². The molecule has 4 atom stereocenters. The van der Waals surface area contributed by atoms with E-state index in [-0.39, 0.29) is 11.9 Å². The van der Waals surface area contributed by atoms with Crippen LogP contribution < -0.4 is 0 Å². The Morgan fingerprint density at radius 1 is 1.29 bits per heavy atom. The Labute approximate surface area is 168 Å². The van der Waals surface area contributed by atoms with Crippen LogP contribution >= 0.6 is 0 Å². The molecule has 1 aromatic carbocycles. The number of piperidine rings is 1. The quantitative estimate of drug-likeness (QED) is 0.699. The zero-order chi connectivity index (χ0) is 20.0. The highest BCUT2D eigenvalue weighted by atomic mass is 16.5. The van der Waals surface area contributed by atoms with Crippen LogP contribution in [-0.2, 0) is 16.0 Å². The normalized spacial score (nSPS) is 25.7. The van der Waals surface area contributed by atoms with Crippen molar-refractivity contribution in [2.24, 2.45) is 11.8 Å². The number of fused-ring (bicyclic) bond motifs is 2. The van der Waals surface area contributed by atoms with Crippen molar-refractivity contribution in [3.8, 4) is 0 Å². The van der Waals surface area contributed by atoms with Crippen molar-refractivity contribution in [3.05, 3.63) is 35.5 Å². The van der Waals surface area contributed by atoms with E-state index in [2.05, 4.69) is 54.8 Å². The van der Waals surface area contributed by atoms with E-state index in [1.165, 1.54) is 22.0 Å². The maximum Gasteiger partial charge on any atom is 0.308 e. The van der Waals surface area contributed by atoms with Crippen molar-refractivity contribution in [1.82, 2.24) is 9.47 Å². The Hall–Kier alpha value is -1.81. The molecule has 1 saturated heterocycles. The molecule has 0 amide bonds. The second-order valence-corrected chi connectivity index (χ2v) is 9.26. The molecule has 0 saturated carbocycles. The summed E-state index contributed by atoms with van der Waals surface area (Å²) in [4.78, 5) is 14.6. The van der Waals surface area contributed by atoms with Gasteiger partial charge in [-0.2, -0.15) is 0 Å². The molecular weight excluding hydrogens is 348 g/mol. The van der Waals surface area contributed by atoms with E-state index in [0.29, 0.717) is 30.5 Å². The molecule has 0 N–H and O–H groups in total. The first-order valence-corrected chi connectivity index (χ1v) is 10.9. The highest BCUT2D eigenvalue weighted by Gasteiger charge is 2.40. The number of benzene rings is 1. The molecule has 0 bridgehead atoms. The first-order chi connectivity index (χ1) is 13.4. The molecule has 2 aliphatic rings. The second kappa shape index (κ2) is 7.55. The Bertz CT molecular complexity index is 869. The summed E-state index contributed by atoms with van der Waals surface area (Å²) >= 11 is 0. The maximum atomic E-state index is 12.1. The molecule has 152 valence electrons. The Morgan fingerprint density at radius 2 is 2.07 bits per heavy atom. The number of hydrogen-bond donors (Lipinski definition) is 0. The van der Waals surface area contributed by atoms with Gasteiger partial charge in [0, 0.05) is 47.6 Å². The monoisotopic (exact) mass is 382 g/mol. The van der Waals surface area contributed by atoms with Gasteiger partial charge in [-0.1, -0.05) is 26.0 Å². The van der Waals surface area contributed by atoms with Crippen LogP contribution in [0.5, 0.6) is 0 Å². The molecule has 4 heteroatoms. The van der Waals surface area contributed by atoms with E-state index in [9.17, 15) is 4.79 Å². The lowest BCUT2D eigenvalue weighted by molar-refractivity contribution is -0.150. The average Bonchev–Trinajstić information content (AvgIpc) is 3.06. The molecule has 1 aliphatic carbocycles. The van der Waals surface area contributed by atoms with Gasteiger partial charge in [-0.3, -0.25) is 4.79 Å². The summed E-state index contributed by atoms with van der Waals surface area (Å²) in [5, 5.41) is 1.48. The van der Waals surface area contributed by atoms with Crippen LogP contribution in [-0.4, -0.2) is 41.7 Å². The van der Waals surface area contributed by atoms with Gasteiger partial charge in [-0.05, 0) is 57.4 Å². The average molecular weight is 383 g/mol. The SMILES string of the molecule is CC[C@H](C)C(=O)OC[C@@H]1C[C@@H]2c3cccc4c3c(cn4C(C)C)C[C@H]2N(C)C1. The predicted molar refractivity (Wildman–Crippen MR) is 114 cm³/mol. The van der Waals surface area contributed by atoms with Crippen molar-refractivity contribution in [2.45, 2.75) is 65.0 Å². The van der Waals surface area contributed by atoms with Gasteiger partial charge in [-0.25, -0.2) is 0 Å². The van der Waals surface area contributed by atoms with Crippen LogP contribution in [0.1, 0.15) is 63.6 Å². The minimum atomic E-state index is -0.0469. The molecular formula is C24H34N2O2. The second-order valence-electron chi connectivity index (χ2n) is 9.26. The lowest BCUT2D eigenvalue weighted by atomic mass is 9.72. The summed E-state index contributed by atoms with van der Waals surface area (Å²) in [7, 11) is 2.24. The number of hydrogen-bond acceptors (Lipinski definition) is 3. The van der Waals surface area contributed by atoms with E-state index in [1.54, 1.807) is 0 Å². The van der Waals surface area contributed by atoms with Gasteiger partial charge in [0.2, 0.25) is 0 Å². The molecule has 1 aromatic heterocycles. The predicted octanol–water partition coefficient (Wildman–Crippen LogP) is 4.77. The number of likely N-dealkylation sites (N-methyl/N-ethyl adjacent to an activating group) is 1. The summed E-state index contributed by atoms with van der Waals surface area (Å²) in [6.45, 7) is 10.1. The number of esters is 1. The molecule has 2 aromatic rings. The van der Waals surface area contributed by atoms with Gasteiger partial charge < -0.3 is 14.2 Å². The van der Waals surface area contributed by atoms with Crippen LogP contribution in [0.4, 0.5) is 0 Å². The first-order valence-electron chi connectivity index (χ1n) is 10.9. The van der Waals surface area contributed by atoms with Gasteiger partial charge in [-0.15, -0.1) is 0 Å². The van der Waals surface area contributed by atoms with Crippen LogP contribution in [0.25, 0.3) is 10.9 Å². The minimum Gasteiger partial charge on any atom is -0.465 e. The largest absolute Gasteiger partial charge is 0.465 e. The number of nitrogens with zero attached hydrogens (tertiary/aromatic N) is 2. The van der Waals surface area contributed by atoms with Gasteiger partial charge in [0.15, 0.2) is 0 Å². The molecule has 2 heterocycles. The fourth-order valence-electron chi connectivity index (χ4n) is 5.24. The number of carbonyl (C=O) groups is 1. The highest BCUT2D eigenvalue weighted by molar-refractivity contribution is 5.89. The zero-order valence-corrected chi connectivity index (χ0v) is 17.9. The molecule has 1 aliphatic heterocycles. The molecule has 0 unspecified atom stereocenters. The van der Waals surface area contributed by atoms with Crippen LogP contribution in [0.3, 0.4) is 0 Å². The fourth-order valence-corrected chi connectivity index (χ4v) is 5.24. The van der Waals surface area contributed by atoms with E-state index in [1.807, 2.05) is 13.8 Å². The Kier molecular flexibility index (Phi) is 5.26. The Balaban J connectivity index is 1.60. The smallest absolute Gasteiger partial charge is 0.308 e. The fraction of sp³-hybridized carbons (Fsp3) is 0.625. The lowest BCUT2D eigenvalue weighted by Gasteiger charge is -2.45. The number of aromatic nitrogens is 1. The van der Waals surface area contributed by atoms with E-state index in [0.717, 1.165) is 25.8 Å². The van der Waals surface area contributed by atoms with Crippen molar-refractivity contribution < 1.29 is 9.53 Å². The highest BCUT2D eigenvalue weighted by Crippen LogP contribution is 2.45. The van der Waals surface area contributed by atoms with Gasteiger partial charge in [0.1, 0.15) is 0 Å². The standard InChI is InChI=1S/C24H34N2O2/c1-6-16(4)24(27)28-14-17-10-20-19-8-7-9-21-23(19)18(13-26(21)15(2)3)11-22(20)25(5)12-17/h7-9,13,15-17,20,22H,6,10-12,14H2,1-5H3/t16-,17+,20+,22+/m0/s1. The van der Waals surface area contributed by atoms with Crippen molar-refractivity contribution in [3.63, 3.8) is 0 Å². The summed E-state index contributed by atoms with van der Waals surface area (Å²) in [5.41, 5.74) is 4.36. The van der Waals surface area contributed by atoms with E-state index in [4.69, 9.17) is 4.74 Å². The van der Waals surface area contributed by atoms with Crippen molar-refractivity contribution in [1.29, 1.82) is 0 Å². The Morgan fingerprint density at radius 3 is 2.79 bits per heavy atom. The third kappa shape index (κ3) is 3.26. The third-order valence-corrected chi connectivity index (χ3v) is 6.99. The van der Waals surface area contributed by atoms with Crippen molar-refractivity contribution in [2.75, 3.05) is 20.2 Å². The molecule has 1 fully saturated rings. The lowest BCUT2D eigenvalue weighted by Crippen LogP contribution is -2.48. The number of carbonyl (C=O) groups excluding carboxylic acids is 1. The maximum absolute atomic E-state index is 12.1. The van der Waals surface area contributed by atoms with Gasteiger partial charge >= 0.3 is 5.97 Å². The summed E-state index contributed by atoms with van der Waals surface area (Å²) in [6.07, 6.45) is 5.44. The molecule has 4 rings (SSSR count). The van der Waals surface area contributed by atoms with Gasteiger partial charge in [0.25, 0.3) is 0 Å². The third-order valence-electron chi connectivity index (χ3n) is 6.99.